The van der Waals surface area contributed by atoms with Gasteiger partial charge in [0, 0.05) is 12.1 Å². The summed E-state index contributed by atoms with van der Waals surface area (Å²) in [5.74, 6) is -0.0150. The van der Waals surface area contributed by atoms with Crippen molar-refractivity contribution >= 4 is 17.6 Å². The number of nitroso groups, excluding NO2 is 1. The Hall–Kier alpha value is -4.47. The summed E-state index contributed by atoms with van der Waals surface area (Å²) < 4.78 is 35.3. The third kappa shape index (κ3) is 4.33. The molecule has 0 saturated carbocycles. The molecule has 184 valence electrons. The molecule has 3 aromatic carbocycles. The Morgan fingerprint density at radius 3 is 2.78 bits per heavy atom. The van der Waals surface area contributed by atoms with E-state index in [1.165, 1.54) is 19.2 Å². The number of rotatable bonds is 7. The summed E-state index contributed by atoms with van der Waals surface area (Å²) in [6.07, 6.45) is 0.460. The smallest absolute Gasteiger partial charge is 0.307 e. The molecule has 0 bridgehead atoms. The molecule has 1 unspecified atom stereocenters. The molecule has 9 nitrogen and oxygen atoms in total. The van der Waals surface area contributed by atoms with Crippen LogP contribution in [0.5, 0.6) is 23.0 Å². The Kier molecular flexibility index (Phi) is 6.24. The van der Waals surface area contributed by atoms with Gasteiger partial charge < -0.3 is 23.8 Å². The van der Waals surface area contributed by atoms with Crippen molar-refractivity contribution in [2.45, 2.75) is 18.9 Å². The van der Waals surface area contributed by atoms with Gasteiger partial charge in [0.25, 0.3) is 5.91 Å². The summed E-state index contributed by atoms with van der Waals surface area (Å²) in [6.45, 7) is 0.452. The summed E-state index contributed by atoms with van der Waals surface area (Å²) in [5, 5.41) is 2.71. The van der Waals surface area contributed by atoms with E-state index < -0.39 is 23.5 Å². The standard InChI is InChI=1S/C26H21FN2O7/c1-33-24(30)13-20(16-5-8-21-23(12-16)35-14-34-21)29-10-9-15-11-17(6-7-18(15)26(29)31)36-22-4-2-3-19(27)25(22)28-32/h2-8,11-12,20H,9-10,13-14H2,1H3. The van der Waals surface area contributed by atoms with Gasteiger partial charge in [-0.15, -0.1) is 4.91 Å². The molecule has 0 fully saturated rings. The van der Waals surface area contributed by atoms with E-state index in [4.69, 9.17) is 18.9 Å². The summed E-state index contributed by atoms with van der Waals surface area (Å²) >= 11 is 0. The molecule has 36 heavy (non-hydrogen) atoms. The first kappa shape index (κ1) is 23.3. The zero-order valence-electron chi connectivity index (χ0n) is 19.2. The highest BCUT2D eigenvalue weighted by atomic mass is 19.1. The number of fused-ring (bicyclic) bond motifs is 2. The Bertz CT molecular complexity index is 1360. The number of ether oxygens (including phenoxy) is 4. The molecule has 5 rings (SSSR count). The van der Waals surface area contributed by atoms with Crippen molar-refractivity contribution in [3.63, 3.8) is 0 Å². The second-order valence-electron chi connectivity index (χ2n) is 8.26. The van der Waals surface area contributed by atoms with E-state index in [1.54, 1.807) is 41.3 Å². The minimum absolute atomic E-state index is 0.0188. The van der Waals surface area contributed by atoms with Gasteiger partial charge in [-0.1, -0.05) is 12.1 Å². The van der Waals surface area contributed by atoms with Gasteiger partial charge in [0.2, 0.25) is 6.79 Å². The average molecular weight is 492 g/mol. The second-order valence-corrected chi connectivity index (χ2v) is 8.26. The van der Waals surface area contributed by atoms with E-state index in [2.05, 4.69) is 5.18 Å². The van der Waals surface area contributed by atoms with Crippen LogP contribution in [-0.4, -0.2) is 37.2 Å². The van der Waals surface area contributed by atoms with Crippen LogP contribution >= 0.6 is 0 Å². The maximum absolute atomic E-state index is 13.9. The number of amides is 1. The number of halogens is 1. The molecule has 0 aromatic heterocycles. The third-order valence-electron chi connectivity index (χ3n) is 6.20. The van der Waals surface area contributed by atoms with Gasteiger partial charge in [0.1, 0.15) is 5.75 Å². The van der Waals surface area contributed by atoms with Crippen LogP contribution in [0.1, 0.15) is 33.9 Å². The van der Waals surface area contributed by atoms with Crippen molar-refractivity contribution in [1.29, 1.82) is 0 Å². The topological polar surface area (TPSA) is 104 Å². The lowest BCUT2D eigenvalue weighted by Gasteiger charge is -2.35. The number of methoxy groups -OCH3 is 1. The zero-order chi connectivity index (χ0) is 25.2. The lowest BCUT2D eigenvalue weighted by Crippen LogP contribution is -2.41. The number of benzene rings is 3. The Morgan fingerprint density at radius 1 is 1.14 bits per heavy atom. The van der Waals surface area contributed by atoms with E-state index in [1.807, 2.05) is 0 Å². The van der Waals surface area contributed by atoms with Crippen LogP contribution in [0.2, 0.25) is 0 Å². The summed E-state index contributed by atoms with van der Waals surface area (Å²) in [5.41, 5.74) is 1.48. The van der Waals surface area contributed by atoms with Crippen molar-refractivity contribution < 1.29 is 32.9 Å². The van der Waals surface area contributed by atoms with Gasteiger partial charge in [0.15, 0.2) is 28.8 Å². The van der Waals surface area contributed by atoms with Gasteiger partial charge in [-0.05, 0) is 65.2 Å². The van der Waals surface area contributed by atoms with Gasteiger partial charge >= 0.3 is 5.97 Å². The molecule has 0 radical (unpaired) electrons. The minimum atomic E-state index is -0.786. The lowest BCUT2D eigenvalue weighted by molar-refractivity contribution is -0.141. The Labute approximate surface area is 205 Å². The SMILES string of the molecule is COC(=O)CC(c1ccc2c(c1)OCO2)N1CCc2cc(Oc3cccc(F)c3N=O)ccc2C1=O. The van der Waals surface area contributed by atoms with Crippen molar-refractivity contribution in [3.05, 3.63) is 82.0 Å². The van der Waals surface area contributed by atoms with E-state index in [9.17, 15) is 18.9 Å². The van der Waals surface area contributed by atoms with E-state index in [-0.39, 0.29) is 24.9 Å². The van der Waals surface area contributed by atoms with Crippen molar-refractivity contribution in [1.82, 2.24) is 4.90 Å². The van der Waals surface area contributed by atoms with Crippen molar-refractivity contribution in [2.75, 3.05) is 20.4 Å². The molecule has 0 N–H and O–H groups in total. The van der Waals surface area contributed by atoms with Crippen LogP contribution in [0, 0.1) is 10.7 Å². The fourth-order valence-electron chi connectivity index (χ4n) is 4.41. The third-order valence-corrected chi connectivity index (χ3v) is 6.20. The molecule has 0 spiro atoms. The van der Waals surface area contributed by atoms with Gasteiger partial charge in [-0.25, -0.2) is 4.39 Å². The monoisotopic (exact) mass is 492 g/mol. The van der Waals surface area contributed by atoms with Crippen LogP contribution in [0.15, 0.2) is 59.8 Å². The first-order valence-corrected chi connectivity index (χ1v) is 11.2. The van der Waals surface area contributed by atoms with Crippen LogP contribution in [0.3, 0.4) is 0 Å². The van der Waals surface area contributed by atoms with Gasteiger partial charge in [0.05, 0.1) is 19.6 Å². The molecule has 0 saturated heterocycles. The van der Waals surface area contributed by atoms with E-state index >= 15 is 0 Å². The highest BCUT2D eigenvalue weighted by molar-refractivity contribution is 5.97. The molecule has 1 amide bonds. The molecular formula is C26H21FN2O7. The number of nitrogens with zero attached hydrogens (tertiary/aromatic N) is 2. The average Bonchev–Trinajstić information content (AvgIpc) is 3.36. The summed E-state index contributed by atoms with van der Waals surface area (Å²) in [7, 11) is 1.30. The van der Waals surface area contributed by atoms with Gasteiger partial charge in [-0.2, -0.15) is 0 Å². The van der Waals surface area contributed by atoms with E-state index in [0.29, 0.717) is 35.8 Å². The molecule has 2 aliphatic rings. The Morgan fingerprint density at radius 2 is 1.97 bits per heavy atom. The van der Waals surface area contributed by atoms with Crippen molar-refractivity contribution in [3.8, 4) is 23.0 Å². The molecule has 2 heterocycles. The molecule has 1 atom stereocenters. The highest BCUT2D eigenvalue weighted by Gasteiger charge is 2.33. The maximum atomic E-state index is 13.9. The largest absolute Gasteiger partial charge is 0.469 e. The van der Waals surface area contributed by atoms with Crippen LogP contribution in [0.25, 0.3) is 0 Å². The van der Waals surface area contributed by atoms with E-state index in [0.717, 1.165) is 17.2 Å². The second kappa shape index (κ2) is 9.65. The molecule has 0 aliphatic carbocycles. The number of esters is 1. The summed E-state index contributed by atoms with van der Waals surface area (Å²) in [4.78, 5) is 38.4. The van der Waals surface area contributed by atoms with Gasteiger partial charge in [-0.3, -0.25) is 9.59 Å². The fourth-order valence-corrected chi connectivity index (χ4v) is 4.41. The first-order chi connectivity index (χ1) is 17.5. The molecule has 2 aliphatic heterocycles. The predicted octanol–water partition coefficient (Wildman–Crippen LogP) is 5.05. The van der Waals surface area contributed by atoms with Crippen LogP contribution in [0.4, 0.5) is 10.1 Å². The zero-order valence-corrected chi connectivity index (χ0v) is 19.2. The first-order valence-electron chi connectivity index (χ1n) is 11.2. The number of carbonyl (C=O) groups excluding carboxylic acids is 2. The number of hydrogen-bond donors (Lipinski definition) is 0. The lowest BCUT2D eigenvalue weighted by atomic mass is 9.94. The minimum Gasteiger partial charge on any atom is -0.469 e. The number of hydrogen-bond acceptors (Lipinski definition) is 8. The van der Waals surface area contributed by atoms with Crippen LogP contribution < -0.4 is 14.2 Å². The maximum Gasteiger partial charge on any atom is 0.307 e. The fraction of sp³-hybridized carbons (Fsp3) is 0.231. The quantitative estimate of drug-likeness (QED) is 0.336. The predicted molar refractivity (Wildman–Crippen MR) is 125 cm³/mol. The Balaban J connectivity index is 1.42. The normalized spacial score (nSPS) is 14.7. The highest BCUT2D eigenvalue weighted by Crippen LogP contribution is 2.39. The molecule has 3 aromatic rings. The number of carbonyl (C=O) groups is 2. The van der Waals surface area contributed by atoms with Crippen molar-refractivity contribution in [2.24, 2.45) is 5.18 Å². The molecule has 10 heteroatoms. The molecular weight excluding hydrogens is 471 g/mol. The van der Waals surface area contributed by atoms with Crippen LogP contribution in [-0.2, 0) is 16.0 Å². The summed E-state index contributed by atoms with van der Waals surface area (Å²) in [6, 6.07) is 13.6.